The molecule has 0 radical (unpaired) electrons. The van der Waals surface area contributed by atoms with Crippen LogP contribution in [0.4, 0.5) is 13.2 Å². The smallest absolute Gasteiger partial charge is 0.416 e. The molecule has 40 heavy (non-hydrogen) atoms. The summed E-state index contributed by atoms with van der Waals surface area (Å²) in [5.41, 5.74) is 2.03. The number of halogens is 3. The van der Waals surface area contributed by atoms with Crippen LogP contribution >= 0.6 is 23.1 Å². The molecule has 206 valence electrons. The second kappa shape index (κ2) is 11.0. The van der Waals surface area contributed by atoms with Crippen LogP contribution in [0.2, 0.25) is 0 Å². The second-order valence-electron chi connectivity index (χ2n) is 9.33. The summed E-state index contributed by atoms with van der Waals surface area (Å²) >= 11 is 2.72. The number of H-pyrrole nitrogens is 1. The average Bonchev–Trinajstić information content (AvgIpc) is 3.52. The van der Waals surface area contributed by atoms with E-state index in [0.29, 0.717) is 38.0 Å². The molecule has 0 aliphatic heterocycles. The Bertz CT molecular complexity index is 1790. The van der Waals surface area contributed by atoms with Gasteiger partial charge in [0, 0.05) is 10.5 Å². The Morgan fingerprint density at radius 3 is 2.67 bits per heavy atom. The molecule has 3 heterocycles. The Hall–Kier alpha value is -3.83. The number of furan rings is 1. The first kappa shape index (κ1) is 27.7. The molecule has 0 saturated heterocycles. The number of carbonyl (C=O) groups is 1. The van der Waals surface area contributed by atoms with Gasteiger partial charge in [0.15, 0.2) is 0 Å². The number of hydrogen-bond acceptors (Lipinski definition) is 6. The first-order valence-electron chi connectivity index (χ1n) is 12.3. The maximum Gasteiger partial charge on any atom is 0.416 e. The van der Waals surface area contributed by atoms with Gasteiger partial charge in [0.1, 0.15) is 22.2 Å². The van der Waals surface area contributed by atoms with Gasteiger partial charge < -0.3 is 14.7 Å². The average molecular weight is 584 g/mol. The van der Waals surface area contributed by atoms with Crippen molar-refractivity contribution >= 4 is 39.2 Å². The summed E-state index contributed by atoms with van der Waals surface area (Å²) in [6.07, 6.45) is -4.46. The molecule has 0 fully saturated rings. The number of amides is 1. The van der Waals surface area contributed by atoms with E-state index in [-0.39, 0.29) is 23.4 Å². The van der Waals surface area contributed by atoms with Crippen molar-refractivity contribution in [1.82, 2.24) is 15.3 Å². The molecular weight excluding hydrogens is 559 g/mol. The number of nitrogens with zero attached hydrogens (tertiary/aromatic N) is 1. The second-order valence-corrected chi connectivity index (χ2v) is 11.4. The molecular formula is C29H24F3N3O3S2. The van der Waals surface area contributed by atoms with Crippen molar-refractivity contribution in [1.29, 1.82) is 0 Å². The topological polar surface area (TPSA) is 88.0 Å². The van der Waals surface area contributed by atoms with Crippen molar-refractivity contribution in [2.75, 3.05) is 0 Å². The number of aryl methyl sites for hydroxylation is 3. The molecule has 1 amide bonds. The zero-order valence-electron chi connectivity index (χ0n) is 21.7. The number of nitrogens with one attached hydrogen (secondary N) is 2. The Balaban J connectivity index is 1.29. The van der Waals surface area contributed by atoms with Gasteiger partial charge in [-0.25, -0.2) is 4.98 Å². The van der Waals surface area contributed by atoms with E-state index in [1.165, 1.54) is 12.1 Å². The summed E-state index contributed by atoms with van der Waals surface area (Å²) in [7, 11) is 0. The molecule has 0 atom stereocenters. The third kappa shape index (κ3) is 5.85. The lowest BCUT2D eigenvalue weighted by Gasteiger charge is -2.07. The maximum atomic E-state index is 13.0. The van der Waals surface area contributed by atoms with E-state index >= 15 is 0 Å². The van der Waals surface area contributed by atoms with Gasteiger partial charge in [0.25, 0.3) is 11.5 Å². The van der Waals surface area contributed by atoms with Crippen molar-refractivity contribution in [2.24, 2.45) is 0 Å². The lowest BCUT2D eigenvalue weighted by molar-refractivity contribution is -0.137. The SMILES string of the molecule is Cc1ccc(C)c(SCc2nc3sc(C(=O)NCc4ccc(-c5cccc(C(F)(F)F)c5)o4)c(C)c3c(=O)[nH]2)c1. The van der Waals surface area contributed by atoms with Crippen molar-refractivity contribution < 1.29 is 22.4 Å². The Morgan fingerprint density at radius 2 is 1.90 bits per heavy atom. The predicted octanol–water partition coefficient (Wildman–Crippen LogP) is 7.41. The number of aromatic amines is 1. The molecule has 5 aromatic rings. The van der Waals surface area contributed by atoms with E-state index in [9.17, 15) is 22.8 Å². The first-order valence-corrected chi connectivity index (χ1v) is 14.1. The number of carbonyl (C=O) groups excluding carboxylic acids is 1. The number of alkyl halides is 3. The van der Waals surface area contributed by atoms with E-state index in [1.54, 1.807) is 30.8 Å². The minimum absolute atomic E-state index is 0.0208. The third-order valence-electron chi connectivity index (χ3n) is 6.32. The van der Waals surface area contributed by atoms with Gasteiger partial charge in [-0.3, -0.25) is 9.59 Å². The monoisotopic (exact) mass is 583 g/mol. The minimum Gasteiger partial charge on any atom is -0.459 e. The van der Waals surface area contributed by atoms with Crippen molar-refractivity contribution in [3.05, 3.63) is 104 Å². The van der Waals surface area contributed by atoms with Gasteiger partial charge in [-0.05, 0) is 62.2 Å². The first-order chi connectivity index (χ1) is 19.0. The lowest BCUT2D eigenvalue weighted by atomic mass is 10.1. The minimum atomic E-state index is -4.46. The number of rotatable bonds is 7. The maximum absolute atomic E-state index is 13.0. The van der Waals surface area contributed by atoms with E-state index < -0.39 is 17.6 Å². The fraction of sp³-hybridized carbons (Fsp3) is 0.207. The van der Waals surface area contributed by atoms with Crippen LogP contribution in [0.3, 0.4) is 0 Å². The van der Waals surface area contributed by atoms with Crippen molar-refractivity contribution in [3.63, 3.8) is 0 Å². The molecule has 0 spiro atoms. The highest BCUT2D eigenvalue weighted by Crippen LogP contribution is 2.33. The normalized spacial score (nSPS) is 11.8. The van der Waals surface area contributed by atoms with Crippen LogP contribution in [0.15, 0.2) is 68.7 Å². The summed E-state index contributed by atoms with van der Waals surface area (Å²) in [5.74, 6) is 1.23. The zero-order chi connectivity index (χ0) is 28.6. The molecule has 3 aromatic heterocycles. The predicted molar refractivity (Wildman–Crippen MR) is 151 cm³/mol. The van der Waals surface area contributed by atoms with Crippen LogP contribution in [0.5, 0.6) is 0 Å². The molecule has 0 unspecified atom stereocenters. The molecule has 5 rings (SSSR count). The standard InChI is InChI=1S/C29H24F3N3O3S2/c1-15-7-8-16(2)22(11-15)39-14-23-34-26(36)24-17(3)25(40-28(24)35-23)27(37)33-13-20-9-10-21(38-20)18-5-4-6-19(12-18)29(30,31)32/h4-12H,13-14H2,1-3H3,(H,33,37)(H,34,35,36). The fourth-order valence-corrected chi connectivity index (χ4v) is 6.32. The van der Waals surface area contributed by atoms with Gasteiger partial charge in [-0.2, -0.15) is 13.2 Å². The number of thiophene rings is 1. The number of aromatic nitrogens is 2. The van der Waals surface area contributed by atoms with Crippen LogP contribution in [-0.2, 0) is 18.5 Å². The van der Waals surface area contributed by atoms with Gasteiger partial charge in [-0.1, -0.05) is 29.8 Å². The third-order valence-corrected chi connectivity index (χ3v) is 8.68. The molecule has 11 heteroatoms. The highest BCUT2D eigenvalue weighted by atomic mass is 32.2. The largest absolute Gasteiger partial charge is 0.459 e. The highest BCUT2D eigenvalue weighted by molar-refractivity contribution is 7.98. The van der Waals surface area contributed by atoms with E-state index in [2.05, 4.69) is 27.4 Å². The van der Waals surface area contributed by atoms with Crippen LogP contribution < -0.4 is 10.9 Å². The number of hydrogen-bond donors (Lipinski definition) is 2. The van der Waals surface area contributed by atoms with Gasteiger partial charge in [-0.15, -0.1) is 23.1 Å². The molecule has 6 nitrogen and oxygen atoms in total. The number of benzene rings is 2. The zero-order valence-corrected chi connectivity index (χ0v) is 23.4. The highest BCUT2D eigenvalue weighted by Gasteiger charge is 2.30. The number of thioether (sulfide) groups is 1. The van der Waals surface area contributed by atoms with E-state index in [0.717, 1.165) is 39.5 Å². The van der Waals surface area contributed by atoms with Crippen LogP contribution in [-0.4, -0.2) is 15.9 Å². The summed E-state index contributed by atoms with van der Waals surface area (Å²) in [6, 6.07) is 14.2. The van der Waals surface area contributed by atoms with Crippen molar-refractivity contribution in [3.8, 4) is 11.3 Å². The van der Waals surface area contributed by atoms with Gasteiger partial charge in [0.05, 0.1) is 28.1 Å². The molecule has 0 saturated carbocycles. The number of fused-ring (bicyclic) bond motifs is 1. The summed E-state index contributed by atoms with van der Waals surface area (Å²) in [5, 5.41) is 3.14. The van der Waals surface area contributed by atoms with Gasteiger partial charge >= 0.3 is 6.18 Å². The van der Waals surface area contributed by atoms with Crippen molar-refractivity contribution in [2.45, 2.75) is 44.1 Å². The Morgan fingerprint density at radius 1 is 1.10 bits per heavy atom. The quantitative estimate of drug-likeness (QED) is 0.195. The molecule has 0 aliphatic rings. The van der Waals surface area contributed by atoms with Crippen LogP contribution in [0.25, 0.3) is 21.5 Å². The molecule has 0 aliphatic carbocycles. The Kier molecular flexibility index (Phi) is 7.61. The lowest BCUT2D eigenvalue weighted by Crippen LogP contribution is -2.22. The molecule has 2 aromatic carbocycles. The summed E-state index contributed by atoms with van der Waals surface area (Å²) in [4.78, 5) is 35.3. The van der Waals surface area contributed by atoms with Gasteiger partial charge in [0.2, 0.25) is 0 Å². The van der Waals surface area contributed by atoms with E-state index in [4.69, 9.17) is 4.42 Å². The Labute approximate surface area is 235 Å². The fourth-order valence-electron chi connectivity index (χ4n) is 4.21. The van der Waals surface area contributed by atoms with Crippen LogP contribution in [0.1, 0.15) is 43.5 Å². The molecule has 0 bridgehead atoms. The van der Waals surface area contributed by atoms with E-state index in [1.807, 2.05) is 19.9 Å². The summed E-state index contributed by atoms with van der Waals surface area (Å²) < 4.78 is 44.8. The summed E-state index contributed by atoms with van der Waals surface area (Å²) in [6.45, 7) is 5.78. The molecule has 2 N–H and O–H groups in total. The van der Waals surface area contributed by atoms with Crippen LogP contribution in [0, 0.1) is 20.8 Å².